The van der Waals surface area contributed by atoms with Gasteiger partial charge in [-0.05, 0) is 45.5 Å². The zero-order valence-corrected chi connectivity index (χ0v) is 9.57. The number of likely N-dealkylation sites (N-methyl/N-ethyl adjacent to an activating group) is 1. The number of furan rings is 1. The summed E-state index contributed by atoms with van der Waals surface area (Å²) in [5, 5.41) is 3.52. The first-order valence-corrected chi connectivity index (χ1v) is 5.74. The van der Waals surface area contributed by atoms with Crippen LogP contribution in [0, 0.1) is 0 Å². The Hall–Kier alpha value is -0.800. The molecule has 3 nitrogen and oxygen atoms in total. The molecule has 1 fully saturated rings. The van der Waals surface area contributed by atoms with E-state index in [2.05, 4.69) is 24.2 Å². The summed E-state index contributed by atoms with van der Waals surface area (Å²) >= 11 is 0. The lowest BCUT2D eigenvalue weighted by atomic mass is 10.2. The van der Waals surface area contributed by atoms with Gasteiger partial charge in [-0.2, -0.15) is 0 Å². The molecule has 3 heteroatoms. The third kappa shape index (κ3) is 2.61. The molecule has 2 rings (SSSR count). The Balaban J connectivity index is 1.78. The lowest BCUT2D eigenvalue weighted by molar-refractivity contribution is 0.288. The molecule has 84 valence electrons. The van der Waals surface area contributed by atoms with Gasteiger partial charge in [0, 0.05) is 12.6 Å². The van der Waals surface area contributed by atoms with Crippen molar-refractivity contribution < 1.29 is 4.42 Å². The van der Waals surface area contributed by atoms with Crippen LogP contribution in [0.4, 0.5) is 0 Å². The van der Waals surface area contributed by atoms with Crippen LogP contribution >= 0.6 is 0 Å². The highest BCUT2D eigenvalue weighted by Gasteiger charge is 2.21. The van der Waals surface area contributed by atoms with Crippen LogP contribution in [-0.4, -0.2) is 31.1 Å². The van der Waals surface area contributed by atoms with Crippen LogP contribution in [0.2, 0.25) is 0 Å². The molecule has 2 heterocycles. The highest BCUT2D eigenvalue weighted by molar-refractivity contribution is 5.03. The van der Waals surface area contributed by atoms with Crippen molar-refractivity contribution in [1.29, 1.82) is 0 Å². The third-order valence-corrected chi connectivity index (χ3v) is 3.30. The van der Waals surface area contributed by atoms with Crippen molar-refractivity contribution in [3.05, 3.63) is 24.2 Å². The first kappa shape index (κ1) is 10.7. The number of hydrogen-bond acceptors (Lipinski definition) is 3. The zero-order valence-electron chi connectivity index (χ0n) is 9.57. The number of likely N-dealkylation sites (tertiary alicyclic amines) is 1. The van der Waals surface area contributed by atoms with Crippen LogP contribution in [0.3, 0.4) is 0 Å². The summed E-state index contributed by atoms with van der Waals surface area (Å²) in [7, 11) is 2.21. The fourth-order valence-corrected chi connectivity index (χ4v) is 2.19. The predicted molar refractivity (Wildman–Crippen MR) is 60.8 cm³/mol. The van der Waals surface area contributed by atoms with Gasteiger partial charge in [-0.1, -0.05) is 0 Å². The van der Waals surface area contributed by atoms with Gasteiger partial charge >= 0.3 is 0 Å². The smallest absolute Gasteiger partial charge is 0.120 e. The second-order valence-electron chi connectivity index (χ2n) is 4.42. The van der Waals surface area contributed by atoms with Gasteiger partial charge in [0.1, 0.15) is 5.76 Å². The van der Waals surface area contributed by atoms with E-state index in [9.17, 15) is 0 Å². The van der Waals surface area contributed by atoms with Crippen molar-refractivity contribution in [2.75, 3.05) is 20.1 Å². The minimum Gasteiger partial charge on any atom is -0.468 e. The normalized spacial score (nSPS) is 24.5. The summed E-state index contributed by atoms with van der Waals surface area (Å²) in [5.74, 6) is 1.02. The Labute approximate surface area is 91.4 Å². The van der Waals surface area contributed by atoms with Gasteiger partial charge < -0.3 is 14.6 Å². The molecule has 0 saturated carbocycles. The maximum atomic E-state index is 5.36. The van der Waals surface area contributed by atoms with Gasteiger partial charge in [0.25, 0.3) is 0 Å². The van der Waals surface area contributed by atoms with E-state index in [-0.39, 0.29) is 0 Å². The van der Waals surface area contributed by atoms with Crippen LogP contribution in [0.1, 0.15) is 31.6 Å². The summed E-state index contributed by atoms with van der Waals surface area (Å²) in [5.41, 5.74) is 0. The van der Waals surface area contributed by atoms with E-state index in [0.717, 1.165) is 12.3 Å². The molecule has 1 aliphatic heterocycles. The molecule has 0 aliphatic carbocycles. The minimum atomic E-state index is 0.314. The summed E-state index contributed by atoms with van der Waals surface area (Å²) in [6, 6.07) is 4.97. The molecule has 1 saturated heterocycles. The molecule has 2 atom stereocenters. The molecule has 0 spiro atoms. The minimum absolute atomic E-state index is 0.314. The van der Waals surface area contributed by atoms with Crippen molar-refractivity contribution in [3.8, 4) is 0 Å². The van der Waals surface area contributed by atoms with E-state index in [1.54, 1.807) is 6.26 Å². The van der Waals surface area contributed by atoms with Gasteiger partial charge in [-0.3, -0.25) is 0 Å². The van der Waals surface area contributed by atoms with Crippen LogP contribution in [0.25, 0.3) is 0 Å². The topological polar surface area (TPSA) is 28.4 Å². The molecule has 2 unspecified atom stereocenters. The van der Waals surface area contributed by atoms with Gasteiger partial charge in [0.2, 0.25) is 0 Å². The molecular formula is C12H20N2O. The summed E-state index contributed by atoms with van der Waals surface area (Å²) in [4.78, 5) is 2.43. The molecule has 1 N–H and O–H groups in total. The Morgan fingerprint density at radius 2 is 2.53 bits per heavy atom. The summed E-state index contributed by atoms with van der Waals surface area (Å²) in [6.45, 7) is 4.44. The molecule has 1 aliphatic rings. The molecule has 15 heavy (non-hydrogen) atoms. The SMILES string of the molecule is CC(NCC1CCCN1C)c1ccco1. The van der Waals surface area contributed by atoms with E-state index in [4.69, 9.17) is 4.42 Å². The standard InChI is InChI=1S/C12H20N2O/c1-10(12-6-4-8-15-12)13-9-11-5-3-7-14(11)2/h4,6,8,10-11,13H,3,5,7,9H2,1-2H3. The fraction of sp³-hybridized carbons (Fsp3) is 0.667. The molecule has 1 aromatic heterocycles. The van der Waals surface area contributed by atoms with Crippen molar-refractivity contribution in [2.24, 2.45) is 0 Å². The van der Waals surface area contributed by atoms with Crippen molar-refractivity contribution >= 4 is 0 Å². The van der Waals surface area contributed by atoms with Gasteiger partial charge in [0.05, 0.1) is 12.3 Å². The van der Waals surface area contributed by atoms with Gasteiger partial charge in [-0.15, -0.1) is 0 Å². The van der Waals surface area contributed by atoms with Crippen molar-refractivity contribution in [2.45, 2.75) is 31.8 Å². The lowest BCUT2D eigenvalue weighted by Crippen LogP contribution is -2.36. The molecule has 0 aromatic carbocycles. The second-order valence-corrected chi connectivity index (χ2v) is 4.42. The highest BCUT2D eigenvalue weighted by atomic mass is 16.3. The maximum Gasteiger partial charge on any atom is 0.120 e. The first-order chi connectivity index (χ1) is 7.27. The first-order valence-electron chi connectivity index (χ1n) is 5.74. The maximum absolute atomic E-state index is 5.36. The number of rotatable bonds is 4. The molecular weight excluding hydrogens is 188 g/mol. The highest BCUT2D eigenvalue weighted by Crippen LogP contribution is 2.16. The van der Waals surface area contributed by atoms with E-state index in [0.29, 0.717) is 12.1 Å². The Morgan fingerprint density at radius 1 is 1.67 bits per heavy atom. The summed E-state index contributed by atoms with van der Waals surface area (Å²) < 4.78 is 5.36. The van der Waals surface area contributed by atoms with Gasteiger partial charge in [-0.25, -0.2) is 0 Å². The van der Waals surface area contributed by atoms with Crippen LogP contribution < -0.4 is 5.32 Å². The lowest BCUT2D eigenvalue weighted by Gasteiger charge is -2.21. The number of hydrogen-bond donors (Lipinski definition) is 1. The zero-order chi connectivity index (χ0) is 10.7. The number of nitrogens with one attached hydrogen (secondary N) is 1. The van der Waals surface area contributed by atoms with Crippen LogP contribution in [0.15, 0.2) is 22.8 Å². The van der Waals surface area contributed by atoms with E-state index in [1.807, 2.05) is 12.1 Å². The monoisotopic (exact) mass is 208 g/mol. The third-order valence-electron chi connectivity index (χ3n) is 3.30. The van der Waals surface area contributed by atoms with E-state index < -0.39 is 0 Å². The van der Waals surface area contributed by atoms with Crippen molar-refractivity contribution in [1.82, 2.24) is 10.2 Å². The second kappa shape index (κ2) is 4.81. The largest absolute Gasteiger partial charge is 0.468 e. The molecule has 0 amide bonds. The Morgan fingerprint density at radius 3 is 3.13 bits per heavy atom. The summed E-state index contributed by atoms with van der Waals surface area (Å²) in [6.07, 6.45) is 4.38. The Kier molecular flexibility index (Phi) is 3.44. The molecule has 0 bridgehead atoms. The average Bonchev–Trinajstić information content (AvgIpc) is 2.85. The number of nitrogens with zero attached hydrogens (tertiary/aromatic N) is 1. The average molecular weight is 208 g/mol. The quantitative estimate of drug-likeness (QED) is 0.820. The van der Waals surface area contributed by atoms with Gasteiger partial charge in [0.15, 0.2) is 0 Å². The predicted octanol–water partition coefficient (Wildman–Crippen LogP) is 2.02. The van der Waals surface area contributed by atoms with Crippen LogP contribution in [0.5, 0.6) is 0 Å². The van der Waals surface area contributed by atoms with Crippen LogP contribution in [-0.2, 0) is 0 Å². The van der Waals surface area contributed by atoms with E-state index >= 15 is 0 Å². The van der Waals surface area contributed by atoms with Crippen molar-refractivity contribution in [3.63, 3.8) is 0 Å². The Bertz CT molecular complexity index is 284. The molecule has 1 aromatic rings. The molecule has 0 radical (unpaired) electrons. The fourth-order valence-electron chi connectivity index (χ4n) is 2.19. The van der Waals surface area contributed by atoms with E-state index in [1.165, 1.54) is 19.4 Å².